The third-order valence-electron chi connectivity index (χ3n) is 4.24. The van der Waals surface area contributed by atoms with Crippen LogP contribution < -0.4 is 10.6 Å². The number of piperidine rings is 1. The van der Waals surface area contributed by atoms with E-state index in [1.54, 1.807) is 12.1 Å². The summed E-state index contributed by atoms with van der Waals surface area (Å²) >= 11 is 0. The highest BCUT2D eigenvalue weighted by Gasteiger charge is 2.31. The van der Waals surface area contributed by atoms with Crippen molar-refractivity contribution < 1.29 is 4.39 Å². The smallest absolute Gasteiger partial charge is 0.123 e. The molecule has 2 atom stereocenters. The lowest BCUT2D eigenvalue weighted by Gasteiger charge is -2.45. The Morgan fingerprint density at radius 2 is 2.18 bits per heavy atom. The average molecular weight is 234 g/mol. The molecule has 3 rings (SSSR count). The zero-order valence-corrected chi connectivity index (χ0v) is 10.0. The van der Waals surface area contributed by atoms with E-state index in [4.69, 9.17) is 5.73 Å². The number of fused-ring (bicyclic) bond motifs is 3. The molecule has 2 aliphatic heterocycles. The summed E-state index contributed by atoms with van der Waals surface area (Å²) in [5.74, 6) is 0.483. The molecule has 2 unspecified atom stereocenters. The van der Waals surface area contributed by atoms with E-state index in [0.717, 1.165) is 25.9 Å². The number of hydrogen-bond acceptors (Lipinski definition) is 2. The molecule has 3 heteroatoms. The van der Waals surface area contributed by atoms with E-state index in [1.165, 1.54) is 24.1 Å². The molecule has 1 saturated heterocycles. The number of rotatable bonds is 1. The third-order valence-corrected chi connectivity index (χ3v) is 4.24. The highest BCUT2D eigenvalue weighted by Crippen LogP contribution is 2.36. The fourth-order valence-corrected chi connectivity index (χ4v) is 3.25. The lowest BCUT2D eigenvalue weighted by molar-refractivity contribution is 0.341. The van der Waals surface area contributed by atoms with E-state index >= 15 is 0 Å². The van der Waals surface area contributed by atoms with Gasteiger partial charge in [0, 0.05) is 18.3 Å². The van der Waals surface area contributed by atoms with Crippen LogP contribution in [-0.2, 0) is 6.42 Å². The second kappa shape index (κ2) is 4.30. The minimum absolute atomic E-state index is 0.116. The summed E-state index contributed by atoms with van der Waals surface area (Å²) in [6.07, 6.45) is 4.65. The van der Waals surface area contributed by atoms with E-state index in [1.807, 2.05) is 6.07 Å². The molecule has 0 saturated carbocycles. The molecule has 17 heavy (non-hydrogen) atoms. The van der Waals surface area contributed by atoms with Crippen molar-refractivity contribution in [3.8, 4) is 0 Å². The summed E-state index contributed by atoms with van der Waals surface area (Å²) in [5.41, 5.74) is 8.19. The molecule has 0 amide bonds. The van der Waals surface area contributed by atoms with Crippen LogP contribution in [0.1, 0.15) is 24.8 Å². The van der Waals surface area contributed by atoms with Gasteiger partial charge in [0.05, 0.1) is 0 Å². The van der Waals surface area contributed by atoms with Gasteiger partial charge in [-0.3, -0.25) is 0 Å². The Kier molecular flexibility index (Phi) is 2.79. The summed E-state index contributed by atoms with van der Waals surface area (Å²) in [5, 5.41) is 0. The van der Waals surface area contributed by atoms with E-state index in [0.29, 0.717) is 12.0 Å². The number of benzene rings is 1. The van der Waals surface area contributed by atoms with Gasteiger partial charge in [-0.15, -0.1) is 0 Å². The van der Waals surface area contributed by atoms with Gasteiger partial charge in [0.1, 0.15) is 5.82 Å². The van der Waals surface area contributed by atoms with Crippen LogP contribution in [0.2, 0.25) is 0 Å². The maximum absolute atomic E-state index is 13.2. The predicted octanol–water partition coefficient (Wildman–Crippen LogP) is 2.32. The van der Waals surface area contributed by atoms with Crippen molar-refractivity contribution in [3.05, 3.63) is 29.6 Å². The first kappa shape index (κ1) is 11.0. The molecule has 0 radical (unpaired) electrons. The minimum Gasteiger partial charge on any atom is -0.368 e. The van der Waals surface area contributed by atoms with Gasteiger partial charge in [-0.1, -0.05) is 0 Å². The molecule has 2 nitrogen and oxygen atoms in total. The number of nitrogens with two attached hydrogens (primary N) is 1. The van der Waals surface area contributed by atoms with Crippen molar-refractivity contribution in [2.24, 2.45) is 11.7 Å². The number of hydrogen-bond donors (Lipinski definition) is 1. The Morgan fingerprint density at radius 1 is 1.29 bits per heavy atom. The standard InChI is InChI=1S/C14H19FN2/c15-12-3-6-14-11(7-12)2-5-13-4-1-10(8-16)9-17(13)14/h3,6-7,10,13H,1-2,4-5,8-9,16H2. The van der Waals surface area contributed by atoms with Crippen LogP contribution in [0.3, 0.4) is 0 Å². The molecule has 1 fully saturated rings. The van der Waals surface area contributed by atoms with E-state index in [9.17, 15) is 4.39 Å². The van der Waals surface area contributed by atoms with Crippen LogP contribution in [-0.4, -0.2) is 19.1 Å². The van der Waals surface area contributed by atoms with Crippen molar-refractivity contribution in [2.45, 2.75) is 31.7 Å². The number of nitrogens with zero attached hydrogens (tertiary/aromatic N) is 1. The summed E-state index contributed by atoms with van der Waals surface area (Å²) < 4.78 is 13.2. The molecule has 0 bridgehead atoms. The zero-order valence-electron chi connectivity index (χ0n) is 10.0. The Bertz CT molecular complexity index is 419. The Balaban J connectivity index is 1.92. The van der Waals surface area contributed by atoms with E-state index in [2.05, 4.69) is 4.90 Å². The van der Waals surface area contributed by atoms with Gasteiger partial charge in [-0.2, -0.15) is 0 Å². The van der Waals surface area contributed by atoms with Gasteiger partial charge < -0.3 is 10.6 Å². The number of anilines is 1. The molecule has 2 aliphatic rings. The fraction of sp³-hybridized carbons (Fsp3) is 0.571. The largest absolute Gasteiger partial charge is 0.368 e. The molecule has 0 aromatic heterocycles. The quantitative estimate of drug-likeness (QED) is 0.808. The monoisotopic (exact) mass is 234 g/mol. The van der Waals surface area contributed by atoms with Gasteiger partial charge in [-0.05, 0) is 61.9 Å². The molecule has 0 spiro atoms. The second-order valence-corrected chi connectivity index (χ2v) is 5.30. The normalized spacial score (nSPS) is 27.5. The maximum Gasteiger partial charge on any atom is 0.123 e. The molecule has 1 aromatic rings. The van der Waals surface area contributed by atoms with Gasteiger partial charge in [0.2, 0.25) is 0 Å². The van der Waals surface area contributed by atoms with Crippen LogP contribution in [0, 0.1) is 11.7 Å². The SMILES string of the molecule is NCC1CCC2CCc3cc(F)ccc3N2C1. The van der Waals surface area contributed by atoms with Crippen LogP contribution in [0.15, 0.2) is 18.2 Å². The number of aryl methyl sites for hydroxylation is 1. The summed E-state index contributed by atoms with van der Waals surface area (Å²) in [6.45, 7) is 1.81. The fourth-order valence-electron chi connectivity index (χ4n) is 3.25. The van der Waals surface area contributed by atoms with E-state index < -0.39 is 0 Å². The molecule has 2 N–H and O–H groups in total. The van der Waals surface area contributed by atoms with Crippen LogP contribution in [0.25, 0.3) is 0 Å². The highest BCUT2D eigenvalue weighted by molar-refractivity contribution is 5.57. The minimum atomic E-state index is -0.116. The van der Waals surface area contributed by atoms with Crippen molar-refractivity contribution in [2.75, 3.05) is 18.0 Å². The first-order valence-corrected chi connectivity index (χ1v) is 6.53. The van der Waals surface area contributed by atoms with Crippen molar-refractivity contribution in [1.82, 2.24) is 0 Å². The molecular formula is C14H19FN2. The number of halogens is 1. The van der Waals surface area contributed by atoms with Crippen LogP contribution in [0.4, 0.5) is 10.1 Å². The highest BCUT2D eigenvalue weighted by atomic mass is 19.1. The van der Waals surface area contributed by atoms with Gasteiger partial charge in [0.25, 0.3) is 0 Å². The molecular weight excluding hydrogens is 215 g/mol. The molecule has 2 heterocycles. The zero-order chi connectivity index (χ0) is 11.8. The average Bonchev–Trinajstić information content (AvgIpc) is 2.37. The lowest BCUT2D eigenvalue weighted by atomic mass is 9.85. The second-order valence-electron chi connectivity index (χ2n) is 5.30. The van der Waals surface area contributed by atoms with Crippen molar-refractivity contribution in [1.29, 1.82) is 0 Å². The Morgan fingerprint density at radius 3 is 3.00 bits per heavy atom. The topological polar surface area (TPSA) is 29.3 Å². The third kappa shape index (κ3) is 1.93. The van der Waals surface area contributed by atoms with Crippen LogP contribution >= 0.6 is 0 Å². The van der Waals surface area contributed by atoms with Gasteiger partial charge >= 0.3 is 0 Å². The summed E-state index contributed by atoms with van der Waals surface area (Å²) in [6, 6.07) is 5.86. The maximum atomic E-state index is 13.2. The summed E-state index contributed by atoms with van der Waals surface area (Å²) in [4.78, 5) is 2.46. The Labute approximate surface area is 102 Å². The molecule has 0 aliphatic carbocycles. The lowest BCUT2D eigenvalue weighted by Crippen LogP contribution is -2.47. The van der Waals surface area contributed by atoms with Gasteiger partial charge in [-0.25, -0.2) is 4.39 Å². The predicted molar refractivity (Wildman–Crippen MR) is 67.6 cm³/mol. The Hall–Kier alpha value is -1.09. The first-order chi connectivity index (χ1) is 8.28. The van der Waals surface area contributed by atoms with Crippen LogP contribution in [0.5, 0.6) is 0 Å². The van der Waals surface area contributed by atoms with Gasteiger partial charge in [0.15, 0.2) is 0 Å². The summed E-state index contributed by atoms with van der Waals surface area (Å²) in [7, 11) is 0. The van der Waals surface area contributed by atoms with E-state index in [-0.39, 0.29) is 5.82 Å². The molecule has 92 valence electrons. The van der Waals surface area contributed by atoms with Crippen molar-refractivity contribution in [3.63, 3.8) is 0 Å². The van der Waals surface area contributed by atoms with Crippen molar-refractivity contribution >= 4 is 5.69 Å². The first-order valence-electron chi connectivity index (χ1n) is 6.53. The molecule has 1 aromatic carbocycles.